The monoisotopic (exact) mass is 161 g/mol. The van der Waals surface area contributed by atoms with E-state index in [1.165, 1.54) is 12.1 Å². The summed E-state index contributed by atoms with van der Waals surface area (Å²) >= 11 is 0. The summed E-state index contributed by atoms with van der Waals surface area (Å²) in [6, 6.07) is 6.90. The molecule has 1 unspecified atom stereocenters. The summed E-state index contributed by atoms with van der Waals surface area (Å²) in [6.07, 6.45) is 1.75. The van der Waals surface area contributed by atoms with Gasteiger partial charge in [0, 0.05) is 0 Å². The first kappa shape index (κ1) is 7.30. The van der Waals surface area contributed by atoms with E-state index in [1.54, 1.807) is 6.07 Å². The molecule has 12 heavy (non-hydrogen) atoms. The molecule has 2 heteroatoms. The molecule has 0 bridgehead atoms. The van der Waals surface area contributed by atoms with Gasteiger partial charge in [0.25, 0.3) is 0 Å². The third kappa shape index (κ3) is 0.984. The van der Waals surface area contributed by atoms with Crippen molar-refractivity contribution in [3.63, 3.8) is 0 Å². The van der Waals surface area contributed by atoms with Crippen LogP contribution in [0.2, 0.25) is 0 Å². The lowest BCUT2D eigenvalue weighted by Crippen LogP contribution is -1.89. The molecule has 1 aliphatic carbocycles. The molecule has 0 heterocycles. The Balaban J connectivity index is 2.51. The predicted octanol–water partition coefficient (Wildman–Crippen LogP) is 2.38. The number of nitrogens with zero attached hydrogens (tertiary/aromatic N) is 1. The first-order valence-corrected chi connectivity index (χ1v) is 3.99. The van der Waals surface area contributed by atoms with Gasteiger partial charge in [0.1, 0.15) is 5.82 Å². The highest BCUT2D eigenvalue weighted by Gasteiger charge is 2.21. The van der Waals surface area contributed by atoms with E-state index in [2.05, 4.69) is 6.07 Å². The van der Waals surface area contributed by atoms with Crippen molar-refractivity contribution < 1.29 is 4.39 Å². The summed E-state index contributed by atoms with van der Waals surface area (Å²) in [7, 11) is 0. The minimum Gasteiger partial charge on any atom is -0.207 e. The van der Waals surface area contributed by atoms with Gasteiger partial charge in [0.15, 0.2) is 0 Å². The van der Waals surface area contributed by atoms with Gasteiger partial charge in [0.05, 0.1) is 12.0 Å². The van der Waals surface area contributed by atoms with Crippen LogP contribution in [0.15, 0.2) is 18.2 Å². The van der Waals surface area contributed by atoms with Gasteiger partial charge in [-0.05, 0) is 36.1 Å². The molecule has 0 N–H and O–H groups in total. The summed E-state index contributed by atoms with van der Waals surface area (Å²) in [4.78, 5) is 0. The molecule has 0 saturated heterocycles. The number of nitriles is 1. The van der Waals surface area contributed by atoms with Gasteiger partial charge in [0.2, 0.25) is 0 Å². The van der Waals surface area contributed by atoms with Gasteiger partial charge >= 0.3 is 0 Å². The highest BCUT2D eigenvalue weighted by molar-refractivity contribution is 5.38. The van der Waals surface area contributed by atoms with Crippen LogP contribution in [0.25, 0.3) is 0 Å². The van der Waals surface area contributed by atoms with Gasteiger partial charge in [-0.1, -0.05) is 6.07 Å². The van der Waals surface area contributed by atoms with Crippen molar-refractivity contribution >= 4 is 0 Å². The molecule has 0 saturated carbocycles. The van der Waals surface area contributed by atoms with Crippen LogP contribution in [0, 0.1) is 17.1 Å². The van der Waals surface area contributed by atoms with E-state index in [0.717, 1.165) is 24.0 Å². The second-order valence-corrected chi connectivity index (χ2v) is 3.06. The molecule has 1 aromatic carbocycles. The number of halogens is 1. The Labute approximate surface area is 70.4 Å². The van der Waals surface area contributed by atoms with Crippen LogP contribution >= 0.6 is 0 Å². The van der Waals surface area contributed by atoms with Crippen LogP contribution in [0.1, 0.15) is 23.5 Å². The third-order valence-corrected chi connectivity index (χ3v) is 2.34. The van der Waals surface area contributed by atoms with Crippen molar-refractivity contribution in [1.82, 2.24) is 0 Å². The number of rotatable bonds is 0. The van der Waals surface area contributed by atoms with Crippen molar-refractivity contribution in [2.24, 2.45) is 0 Å². The van der Waals surface area contributed by atoms with Gasteiger partial charge in [-0.25, -0.2) is 4.39 Å². The second kappa shape index (κ2) is 2.60. The fourth-order valence-electron chi connectivity index (χ4n) is 1.71. The lowest BCUT2D eigenvalue weighted by molar-refractivity contribution is 0.625. The van der Waals surface area contributed by atoms with E-state index in [0.29, 0.717) is 0 Å². The van der Waals surface area contributed by atoms with E-state index in [4.69, 9.17) is 5.26 Å². The predicted molar refractivity (Wildman–Crippen MR) is 43.1 cm³/mol. The molecule has 1 atom stereocenters. The first-order valence-electron chi connectivity index (χ1n) is 3.99. The van der Waals surface area contributed by atoms with E-state index in [1.807, 2.05) is 0 Å². The molecular formula is C10H8FN. The quantitative estimate of drug-likeness (QED) is 0.573. The molecule has 1 aromatic rings. The molecule has 0 aliphatic heterocycles. The lowest BCUT2D eigenvalue weighted by atomic mass is 10.0. The average molecular weight is 161 g/mol. The molecule has 1 aliphatic rings. The van der Waals surface area contributed by atoms with Crippen molar-refractivity contribution in [2.45, 2.75) is 18.8 Å². The zero-order valence-corrected chi connectivity index (χ0v) is 6.55. The van der Waals surface area contributed by atoms with Crippen molar-refractivity contribution in [3.05, 3.63) is 35.1 Å². The van der Waals surface area contributed by atoms with E-state index in [9.17, 15) is 4.39 Å². The van der Waals surface area contributed by atoms with Gasteiger partial charge < -0.3 is 0 Å². The molecule has 0 spiro atoms. The fraction of sp³-hybridized carbons (Fsp3) is 0.300. The van der Waals surface area contributed by atoms with Gasteiger partial charge in [-0.2, -0.15) is 5.26 Å². The molecular weight excluding hydrogens is 153 g/mol. The maximum Gasteiger partial charge on any atom is 0.123 e. The Morgan fingerprint density at radius 3 is 3.08 bits per heavy atom. The number of hydrogen-bond donors (Lipinski definition) is 0. The first-order chi connectivity index (χ1) is 5.81. The van der Waals surface area contributed by atoms with Crippen molar-refractivity contribution in [2.75, 3.05) is 0 Å². The minimum absolute atomic E-state index is 0.0873. The largest absolute Gasteiger partial charge is 0.207 e. The average Bonchev–Trinajstić information content (AvgIpc) is 2.46. The SMILES string of the molecule is N#CC1CCc2ccc(F)cc21. The molecule has 60 valence electrons. The molecule has 0 fully saturated rings. The highest BCUT2D eigenvalue weighted by Crippen LogP contribution is 2.32. The molecule has 2 rings (SSSR count). The Morgan fingerprint density at radius 1 is 1.50 bits per heavy atom. The Hall–Kier alpha value is -1.36. The number of fused-ring (bicyclic) bond motifs is 1. The van der Waals surface area contributed by atoms with E-state index >= 15 is 0 Å². The van der Waals surface area contributed by atoms with Crippen LogP contribution in [0.5, 0.6) is 0 Å². The number of aryl methyl sites for hydroxylation is 1. The topological polar surface area (TPSA) is 23.8 Å². The summed E-state index contributed by atoms with van der Waals surface area (Å²) in [6.45, 7) is 0. The lowest BCUT2D eigenvalue weighted by Gasteiger charge is -2.00. The van der Waals surface area contributed by atoms with Crippen LogP contribution in [-0.4, -0.2) is 0 Å². The van der Waals surface area contributed by atoms with Crippen molar-refractivity contribution in [1.29, 1.82) is 5.26 Å². The maximum atomic E-state index is 12.8. The molecule has 0 amide bonds. The summed E-state index contributed by atoms with van der Waals surface area (Å²) in [5, 5.41) is 8.73. The Morgan fingerprint density at radius 2 is 2.33 bits per heavy atom. The molecule has 1 nitrogen and oxygen atoms in total. The molecule has 0 aromatic heterocycles. The molecule has 0 radical (unpaired) electrons. The van der Waals surface area contributed by atoms with Crippen LogP contribution < -0.4 is 0 Å². The minimum atomic E-state index is -0.240. The number of hydrogen-bond acceptors (Lipinski definition) is 1. The van der Waals surface area contributed by atoms with Gasteiger partial charge in [-0.3, -0.25) is 0 Å². The maximum absolute atomic E-state index is 12.8. The summed E-state index contributed by atoms with van der Waals surface area (Å²) in [5.41, 5.74) is 2.01. The fourth-order valence-corrected chi connectivity index (χ4v) is 1.71. The zero-order valence-electron chi connectivity index (χ0n) is 6.55. The van der Waals surface area contributed by atoms with Crippen LogP contribution in [0.4, 0.5) is 4.39 Å². The van der Waals surface area contributed by atoms with Crippen molar-refractivity contribution in [3.8, 4) is 6.07 Å². The number of benzene rings is 1. The van der Waals surface area contributed by atoms with Gasteiger partial charge in [-0.15, -0.1) is 0 Å². The Bertz CT molecular complexity index is 351. The third-order valence-electron chi connectivity index (χ3n) is 2.34. The standard InChI is InChI=1S/C10H8FN/c11-9-4-3-7-1-2-8(6-12)10(7)5-9/h3-5,8H,1-2H2. The van der Waals surface area contributed by atoms with E-state index in [-0.39, 0.29) is 11.7 Å². The smallest absolute Gasteiger partial charge is 0.123 e. The Kier molecular flexibility index (Phi) is 1.58. The second-order valence-electron chi connectivity index (χ2n) is 3.06. The van der Waals surface area contributed by atoms with Crippen LogP contribution in [0.3, 0.4) is 0 Å². The summed E-state index contributed by atoms with van der Waals surface area (Å²) < 4.78 is 12.8. The summed E-state index contributed by atoms with van der Waals surface area (Å²) in [5.74, 6) is -0.327. The van der Waals surface area contributed by atoms with Crippen LogP contribution in [-0.2, 0) is 6.42 Å². The van der Waals surface area contributed by atoms with E-state index < -0.39 is 0 Å². The highest BCUT2D eigenvalue weighted by atomic mass is 19.1. The zero-order chi connectivity index (χ0) is 8.55. The normalized spacial score (nSPS) is 20.2.